The lowest BCUT2D eigenvalue weighted by Crippen LogP contribution is -2.26. The Morgan fingerprint density at radius 2 is 2.17 bits per heavy atom. The van der Waals surface area contributed by atoms with E-state index in [-0.39, 0.29) is 11.8 Å². The largest absolute Gasteiger partial charge is 0.338 e. The van der Waals surface area contributed by atoms with E-state index in [0.29, 0.717) is 12.4 Å². The van der Waals surface area contributed by atoms with Gasteiger partial charge in [0.1, 0.15) is 11.6 Å². The van der Waals surface area contributed by atoms with Gasteiger partial charge in [0, 0.05) is 61.0 Å². The van der Waals surface area contributed by atoms with Crippen LogP contribution in [0, 0.1) is 13.8 Å². The van der Waals surface area contributed by atoms with Gasteiger partial charge in [0.15, 0.2) is 5.13 Å². The first kappa shape index (κ1) is 19.3. The summed E-state index contributed by atoms with van der Waals surface area (Å²) in [4.78, 5) is 29.0. The number of carbonyl (C=O) groups is 1. The van der Waals surface area contributed by atoms with Crippen LogP contribution in [0.5, 0.6) is 0 Å². The molecule has 0 unspecified atom stereocenters. The molecule has 4 rings (SSSR count). The SMILES string of the molecule is Cc1nc(Nc2ncc(C)s2)cc([C@H]2CCN(C(=O)/C=C/c3cnn(C)c3)C2)n1. The number of aryl methyl sites for hydroxylation is 3. The van der Waals surface area contributed by atoms with Crippen LogP contribution in [0.25, 0.3) is 6.08 Å². The highest BCUT2D eigenvalue weighted by molar-refractivity contribution is 7.15. The minimum atomic E-state index is 0.0127. The molecule has 1 N–H and O–H groups in total. The van der Waals surface area contributed by atoms with Gasteiger partial charge < -0.3 is 10.2 Å². The molecule has 0 aliphatic carbocycles. The Morgan fingerprint density at radius 3 is 2.90 bits per heavy atom. The van der Waals surface area contributed by atoms with Gasteiger partial charge in [-0.25, -0.2) is 15.0 Å². The average Bonchev–Trinajstić information content (AvgIpc) is 3.41. The zero-order valence-electron chi connectivity index (χ0n) is 16.7. The number of rotatable bonds is 5. The Bertz CT molecular complexity index is 1050. The number of anilines is 2. The second-order valence-electron chi connectivity index (χ2n) is 7.18. The molecular weight excluding hydrogens is 386 g/mol. The quantitative estimate of drug-likeness (QED) is 0.652. The molecule has 4 heterocycles. The van der Waals surface area contributed by atoms with Gasteiger partial charge in [-0.15, -0.1) is 11.3 Å². The maximum absolute atomic E-state index is 12.5. The lowest BCUT2D eigenvalue weighted by Gasteiger charge is -2.15. The van der Waals surface area contributed by atoms with Crippen molar-refractivity contribution in [3.05, 3.63) is 52.7 Å². The number of thiazole rings is 1. The normalized spacial score (nSPS) is 16.7. The number of hydrogen-bond acceptors (Lipinski definition) is 7. The van der Waals surface area contributed by atoms with Crippen molar-refractivity contribution >= 4 is 34.3 Å². The van der Waals surface area contributed by atoms with Crippen molar-refractivity contribution in [2.45, 2.75) is 26.2 Å². The summed E-state index contributed by atoms with van der Waals surface area (Å²) in [7, 11) is 1.85. The van der Waals surface area contributed by atoms with Crippen molar-refractivity contribution in [2.24, 2.45) is 7.05 Å². The van der Waals surface area contributed by atoms with Crippen molar-refractivity contribution in [2.75, 3.05) is 18.4 Å². The van der Waals surface area contributed by atoms with Crippen LogP contribution in [0.2, 0.25) is 0 Å². The molecule has 0 radical (unpaired) electrons. The molecule has 0 saturated carbocycles. The lowest BCUT2D eigenvalue weighted by molar-refractivity contribution is -0.124. The molecule has 3 aromatic rings. The van der Waals surface area contributed by atoms with Gasteiger partial charge in [-0.3, -0.25) is 9.48 Å². The Labute approximate surface area is 173 Å². The summed E-state index contributed by atoms with van der Waals surface area (Å²) in [5, 5.41) is 8.18. The molecule has 1 amide bonds. The number of hydrogen-bond donors (Lipinski definition) is 1. The zero-order valence-corrected chi connectivity index (χ0v) is 17.5. The van der Waals surface area contributed by atoms with Crippen LogP contribution >= 0.6 is 11.3 Å². The summed E-state index contributed by atoms with van der Waals surface area (Å²) in [5.41, 5.74) is 1.87. The maximum atomic E-state index is 12.5. The minimum Gasteiger partial charge on any atom is -0.338 e. The molecule has 1 aliphatic heterocycles. The van der Waals surface area contributed by atoms with Crippen LogP contribution < -0.4 is 5.32 Å². The van der Waals surface area contributed by atoms with Gasteiger partial charge in [0.05, 0.1) is 11.9 Å². The Balaban J connectivity index is 1.43. The zero-order chi connectivity index (χ0) is 20.4. The first-order valence-electron chi connectivity index (χ1n) is 9.47. The van der Waals surface area contributed by atoms with Gasteiger partial charge in [0.25, 0.3) is 0 Å². The van der Waals surface area contributed by atoms with Crippen molar-refractivity contribution in [1.29, 1.82) is 0 Å². The molecule has 0 spiro atoms. The molecule has 9 heteroatoms. The third kappa shape index (κ3) is 4.68. The van der Waals surface area contributed by atoms with E-state index in [9.17, 15) is 4.79 Å². The van der Waals surface area contributed by atoms with E-state index >= 15 is 0 Å². The Kier molecular flexibility index (Phi) is 5.39. The van der Waals surface area contributed by atoms with Gasteiger partial charge in [-0.2, -0.15) is 5.10 Å². The van der Waals surface area contributed by atoms with Gasteiger partial charge >= 0.3 is 0 Å². The topological polar surface area (TPSA) is 88.8 Å². The van der Waals surface area contributed by atoms with Gasteiger partial charge in [-0.1, -0.05) is 0 Å². The Hall–Kier alpha value is -3.07. The van der Waals surface area contributed by atoms with Crippen LogP contribution in [0.3, 0.4) is 0 Å². The van der Waals surface area contributed by atoms with Crippen LogP contribution in [0.1, 0.15) is 34.3 Å². The summed E-state index contributed by atoms with van der Waals surface area (Å²) >= 11 is 1.59. The molecule has 1 aliphatic rings. The third-order valence-corrected chi connectivity index (χ3v) is 5.60. The summed E-state index contributed by atoms with van der Waals surface area (Å²) in [6.45, 7) is 5.28. The fourth-order valence-corrected chi connectivity index (χ4v) is 4.06. The molecule has 0 aromatic carbocycles. The molecule has 1 saturated heterocycles. The van der Waals surface area contributed by atoms with Gasteiger partial charge in [-0.05, 0) is 26.3 Å². The number of aromatic nitrogens is 5. The third-order valence-electron chi connectivity index (χ3n) is 4.78. The van der Waals surface area contributed by atoms with Crippen molar-refractivity contribution in [3.63, 3.8) is 0 Å². The number of nitrogens with zero attached hydrogens (tertiary/aromatic N) is 6. The Morgan fingerprint density at radius 1 is 1.31 bits per heavy atom. The smallest absolute Gasteiger partial charge is 0.246 e. The summed E-state index contributed by atoms with van der Waals surface area (Å²) < 4.78 is 1.71. The van der Waals surface area contributed by atoms with E-state index in [1.807, 2.05) is 44.3 Å². The van der Waals surface area contributed by atoms with E-state index in [1.54, 1.807) is 34.4 Å². The van der Waals surface area contributed by atoms with Crippen molar-refractivity contribution in [1.82, 2.24) is 29.6 Å². The molecule has 29 heavy (non-hydrogen) atoms. The molecule has 1 fully saturated rings. The second kappa shape index (κ2) is 8.12. The van der Waals surface area contributed by atoms with Crippen LogP contribution in [-0.2, 0) is 11.8 Å². The number of carbonyl (C=O) groups excluding carboxylic acids is 1. The highest BCUT2D eigenvalue weighted by Gasteiger charge is 2.27. The van der Waals surface area contributed by atoms with E-state index in [0.717, 1.165) is 40.0 Å². The highest BCUT2D eigenvalue weighted by atomic mass is 32.1. The molecular formula is C20H23N7OS. The molecule has 8 nitrogen and oxygen atoms in total. The monoisotopic (exact) mass is 409 g/mol. The number of likely N-dealkylation sites (tertiary alicyclic amines) is 1. The van der Waals surface area contributed by atoms with Crippen molar-refractivity contribution in [3.8, 4) is 0 Å². The fourth-order valence-electron chi connectivity index (χ4n) is 3.39. The second-order valence-corrected chi connectivity index (χ2v) is 8.41. The summed E-state index contributed by atoms with van der Waals surface area (Å²) in [5.74, 6) is 1.66. The first-order chi connectivity index (χ1) is 14.0. The van der Waals surface area contributed by atoms with Crippen LogP contribution in [0.15, 0.2) is 30.7 Å². The predicted molar refractivity (Wildman–Crippen MR) is 113 cm³/mol. The summed E-state index contributed by atoms with van der Waals surface area (Å²) in [6.07, 6.45) is 9.75. The lowest BCUT2D eigenvalue weighted by atomic mass is 10.0. The number of amides is 1. The predicted octanol–water partition coefficient (Wildman–Crippen LogP) is 3.06. The van der Waals surface area contributed by atoms with Crippen LogP contribution in [-0.4, -0.2) is 48.6 Å². The highest BCUT2D eigenvalue weighted by Crippen LogP contribution is 2.29. The van der Waals surface area contributed by atoms with E-state index in [4.69, 9.17) is 0 Å². The standard InChI is InChI=1S/C20H23N7OS/c1-13-9-21-20(29-13)25-18-8-17(23-14(2)24-18)16-6-7-27(12-16)19(28)5-4-15-10-22-26(3)11-15/h4-5,8-11,16H,6-7,12H2,1-3H3,(H,21,23,24,25)/b5-4+/t16-/m0/s1. The molecule has 150 valence electrons. The van der Waals surface area contributed by atoms with Crippen LogP contribution in [0.4, 0.5) is 10.9 Å². The van der Waals surface area contributed by atoms with E-state index in [2.05, 4.69) is 25.4 Å². The molecule has 0 bridgehead atoms. The molecule has 1 atom stereocenters. The van der Waals surface area contributed by atoms with Crippen molar-refractivity contribution < 1.29 is 4.79 Å². The number of nitrogens with one attached hydrogen (secondary N) is 1. The first-order valence-corrected chi connectivity index (χ1v) is 10.3. The minimum absolute atomic E-state index is 0.0127. The average molecular weight is 410 g/mol. The summed E-state index contributed by atoms with van der Waals surface area (Å²) in [6, 6.07) is 1.97. The maximum Gasteiger partial charge on any atom is 0.246 e. The van der Waals surface area contributed by atoms with Gasteiger partial charge in [0.2, 0.25) is 5.91 Å². The van der Waals surface area contributed by atoms with E-state index < -0.39 is 0 Å². The molecule has 3 aromatic heterocycles. The van der Waals surface area contributed by atoms with E-state index in [1.165, 1.54) is 0 Å². The fraction of sp³-hybridized carbons (Fsp3) is 0.350.